The Labute approximate surface area is 225 Å². The summed E-state index contributed by atoms with van der Waals surface area (Å²) < 4.78 is 0. The van der Waals surface area contributed by atoms with Crippen LogP contribution >= 0.6 is 23.4 Å². The van der Waals surface area contributed by atoms with Gasteiger partial charge in [0.05, 0.1) is 11.8 Å². The number of halogens is 1. The molecule has 1 N–H and O–H groups in total. The molecular weight excluding hydrogens is 504 g/mol. The van der Waals surface area contributed by atoms with Crippen molar-refractivity contribution in [1.29, 1.82) is 0 Å². The van der Waals surface area contributed by atoms with Crippen LogP contribution in [0.25, 0.3) is 0 Å². The molecule has 5 rings (SSSR count). The highest BCUT2D eigenvalue weighted by atomic mass is 35.5. The van der Waals surface area contributed by atoms with Crippen LogP contribution in [0.15, 0.2) is 82.9 Å². The summed E-state index contributed by atoms with van der Waals surface area (Å²) in [7, 11) is 0. The summed E-state index contributed by atoms with van der Waals surface area (Å²) in [6.45, 7) is 4.03. The summed E-state index contributed by atoms with van der Waals surface area (Å²) in [5, 5.41) is 10.1. The third-order valence-corrected chi connectivity index (χ3v) is 8.09. The molecule has 2 aliphatic heterocycles. The summed E-state index contributed by atoms with van der Waals surface area (Å²) in [6.07, 6.45) is 1.68. The van der Waals surface area contributed by atoms with Gasteiger partial charge in [-0.3, -0.25) is 9.59 Å². The molecule has 0 saturated carbocycles. The maximum atomic E-state index is 12.8. The van der Waals surface area contributed by atoms with Gasteiger partial charge in [-0.2, -0.15) is 10.1 Å². The lowest BCUT2D eigenvalue weighted by Gasteiger charge is -2.23. The maximum Gasteiger partial charge on any atom is 0.262 e. The van der Waals surface area contributed by atoms with Crippen molar-refractivity contribution in [3.8, 4) is 0 Å². The first-order valence-electron chi connectivity index (χ1n) is 12.3. The lowest BCUT2D eigenvalue weighted by Crippen LogP contribution is -2.25. The molecule has 2 aliphatic rings. The fourth-order valence-electron chi connectivity index (χ4n) is 4.38. The van der Waals surface area contributed by atoms with Gasteiger partial charge in [0, 0.05) is 23.6 Å². The lowest BCUT2D eigenvalue weighted by atomic mass is 9.97. The molecule has 3 aromatic carbocycles. The number of rotatable bonds is 6. The summed E-state index contributed by atoms with van der Waals surface area (Å²) in [6, 6.07) is 23.8. The second-order valence-corrected chi connectivity index (χ2v) is 10.7. The van der Waals surface area contributed by atoms with E-state index in [0.29, 0.717) is 22.3 Å². The van der Waals surface area contributed by atoms with Crippen LogP contribution in [0, 0.1) is 6.92 Å². The summed E-state index contributed by atoms with van der Waals surface area (Å²) in [5.74, 6) is -0.579. The number of amides is 2. The maximum absolute atomic E-state index is 12.8. The monoisotopic (exact) mass is 530 g/mol. The number of benzene rings is 3. The zero-order chi connectivity index (χ0) is 25.9. The van der Waals surface area contributed by atoms with Crippen LogP contribution < -0.4 is 5.32 Å². The zero-order valence-electron chi connectivity index (χ0n) is 20.6. The second kappa shape index (κ2) is 10.9. The van der Waals surface area contributed by atoms with E-state index in [1.54, 1.807) is 12.1 Å². The van der Waals surface area contributed by atoms with Crippen LogP contribution in [0.2, 0.25) is 5.02 Å². The summed E-state index contributed by atoms with van der Waals surface area (Å²) in [5.41, 5.74) is 5.89. The normalized spacial score (nSPS) is 19.1. The largest absolute Gasteiger partial charge is 0.326 e. The Hall–Kier alpha value is -3.42. The third kappa shape index (κ3) is 5.63. The molecule has 0 unspecified atom stereocenters. The number of carbonyl (C=O) groups is 2. The highest BCUT2D eigenvalue weighted by Gasteiger charge is 2.39. The minimum absolute atomic E-state index is 0.0148. The highest BCUT2D eigenvalue weighted by Crippen LogP contribution is 2.38. The Balaban J connectivity index is 1.34. The number of thioether (sulfide) groups is 1. The summed E-state index contributed by atoms with van der Waals surface area (Å²) >= 11 is 7.47. The first-order chi connectivity index (χ1) is 17.9. The molecule has 0 saturated heterocycles. The first kappa shape index (κ1) is 25.2. The number of aryl methyl sites for hydroxylation is 2. The van der Waals surface area contributed by atoms with Gasteiger partial charge < -0.3 is 5.32 Å². The number of nitrogens with one attached hydrogen (secondary N) is 1. The van der Waals surface area contributed by atoms with Crippen molar-refractivity contribution >= 4 is 51.7 Å². The van der Waals surface area contributed by atoms with Crippen molar-refractivity contribution in [3.63, 3.8) is 0 Å². The number of aliphatic imine (C=N–C) groups is 1. The van der Waals surface area contributed by atoms with E-state index in [1.807, 2.05) is 48.3 Å². The van der Waals surface area contributed by atoms with Crippen LogP contribution in [0.1, 0.15) is 48.1 Å². The molecule has 8 heteroatoms. The van der Waals surface area contributed by atoms with Crippen molar-refractivity contribution in [2.24, 2.45) is 10.1 Å². The topological polar surface area (TPSA) is 74.1 Å². The number of amidine groups is 1. The highest BCUT2D eigenvalue weighted by molar-refractivity contribution is 8.15. The molecular formula is C29H27ClN4O2S. The Kier molecular flexibility index (Phi) is 7.44. The van der Waals surface area contributed by atoms with E-state index < -0.39 is 5.25 Å². The van der Waals surface area contributed by atoms with Crippen molar-refractivity contribution in [2.75, 3.05) is 5.32 Å². The van der Waals surface area contributed by atoms with Crippen molar-refractivity contribution in [2.45, 2.75) is 44.4 Å². The minimum atomic E-state index is -0.602. The predicted octanol–water partition coefficient (Wildman–Crippen LogP) is 6.39. The van der Waals surface area contributed by atoms with Crippen LogP contribution in [-0.2, 0) is 16.0 Å². The zero-order valence-corrected chi connectivity index (χ0v) is 22.2. The number of hydrazone groups is 1. The first-order valence-corrected chi connectivity index (χ1v) is 13.5. The predicted molar refractivity (Wildman–Crippen MR) is 151 cm³/mol. The van der Waals surface area contributed by atoms with Crippen molar-refractivity contribution in [3.05, 3.63) is 100 Å². The molecule has 2 amide bonds. The molecule has 37 heavy (non-hydrogen) atoms. The molecule has 188 valence electrons. The number of carbonyl (C=O) groups excluding carboxylic acids is 2. The molecule has 0 aromatic heterocycles. The molecule has 2 atom stereocenters. The molecule has 0 aliphatic carbocycles. The van der Waals surface area contributed by atoms with Crippen molar-refractivity contribution in [1.82, 2.24) is 5.01 Å². The fraction of sp³-hybridized carbons (Fsp3) is 0.241. The number of anilines is 1. The molecule has 2 heterocycles. The van der Waals surface area contributed by atoms with Gasteiger partial charge in [0.15, 0.2) is 5.17 Å². The molecule has 3 aromatic rings. The van der Waals surface area contributed by atoms with Crippen LogP contribution in [0.3, 0.4) is 0 Å². The standard InChI is InChI=1S/C29H27ClN4O2S/c1-3-19-10-12-21(13-11-19)25-16-24(20-7-5-4-6-8-20)33-34(25)29-32-28(36)26(37-29)17-27(35)31-22-14-9-18(2)23(30)15-22/h4-15,25-26H,3,16-17H2,1-2H3,(H,31,35)/t25-,26-/m0/s1. The van der Waals surface area contributed by atoms with E-state index in [0.717, 1.165) is 28.8 Å². The third-order valence-electron chi connectivity index (χ3n) is 6.54. The molecule has 6 nitrogen and oxygen atoms in total. The molecule has 0 radical (unpaired) electrons. The van der Waals surface area contributed by atoms with Gasteiger partial charge in [0.1, 0.15) is 5.25 Å². The SMILES string of the molecule is CCc1ccc([C@@H]2CC(c3ccccc3)=NN2C2=NC(=O)[C@H](CC(=O)Nc3ccc(C)c(Cl)c3)S2)cc1. The minimum Gasteiger partial charge on any atom is -0.326 e. The van der Waals surface area contributed by atoms with E-state index in [4.69, 9.17) is 16.7 Å². The van der Waals surface area contributed by atoms with Gasteiger partial charge in [-0.25, -0.2) is 5.01 Å². The molecule has 0 bridgehead atoms. The van der Waals surface area contributed by atoms with Gasteiger partial charge in [-0.15, -0.1) is 0 Å². The van der Waals surface area contributed by atoms with Gasteiger partial charge in [0.2, 0.25) is 5.91 Å². The van der Waals surface area contributed by atoms with E-state index in [2.05, 4.69) is 41.5 Å². The average molecular weight is 531 g/mol. The molecule has 0 spiro atoms. The lowest BCUT2D eigenvalue weighted by molar-refractivity contribution is -0.121. The van der Waals surface area contributed by atoms with E-state index >= 15 is 0 Å². The number of hydrogen-bond donors (Lipinski definition) is 1. The second-order valence-electron chi connectivity index (χ2n) is 9.13. The van der Waals surface area contributed by atoms with E-state index in [9.17, 15) is 9.59 Å². The summed E-state index contributed by atoms with van der Waals surface area (Å²) in [4.78, 5) is 29.9. The Morgan fingerprint density at radius 1 is 1.11 bits per heavy atom. The molecule has 0 fully saturated rings. The number of nitrogens with zero attached hydrogens (tertiary/aromatic N) is 3. The Morgan fingerprint density at radius 3 is 2.57 bits per heavy atom. The Bertz CT molecular complexity index is 1390. The average Bonchev–Trinajstić information content (AvgIpc) is 3.51. The van der Waals surface area contributed by atoms with Gasteiger partial charge in [0.25, 0.3) is 5.91 Å². The van der Waals surface area contributed by atoms with Gasteiger partial charge >= 0.3 is 0 Å². The van der Waals surface area contributed by atoms with E-state index in [-0.39, 0.29) is 24.3 Å². The quantitative estimate of drug-likeness (QED) is 0.401. The van der Waals surface area contributed by atoms with Gasteiger partial charge in [-0.05, 0) is 47.7 Å². The fourth-order valence-corrected chi connectivity index (χ4v) is 5.62. The van der Waals surface area contributed by atoms with Crippen molar-refractivity contribution < 1.29 is 9.59 Å². The van der Waals surface area contributed by atoms with Gasteiger partial charge in [-0.1, -0.05) is 91.0 Å². The van der Waals surface area contributed by atoms with E-state index in [1.165, 1.54) is 17.3 Å². The Morgan fingerprint density at radius 2 is 1.86 bits per heavy atom. The number of hydrogen-bond acceptors (Lipinski definition) is 5. The van der Waals surface area contributed by atoms with Crippen LogP contribution in [-0.4, -0.2) is 33.0 Å². The van der Waals surface area contributed by atoms with Crippen LogP contribution in [0.4, 0.5) is 5.69 Å². The van der Waals surface area contributed by atoms with Crippen LogP contribution in [0.5, 0.6) is 0 Å². The smallest absolute Gasteiger partial charge is 0.262 e.